The predicted octanol–water partition coefficient (Wildman–Crippen LogP) is 1.58. The van der Waals surface area contributed by atoms with Gasteiger partial charge in [0.25, 0.3) is 0 Å². The van der Waals surface area contributed by atoms with Crippen LogP contribution in [0.5, 0.6) is 0 Å². The van der Waals surface area contributed by atoms with E-state index < -0.39 is 0 Å². The van der Waals surface area contributed by atoms with Crippen molar-refractivity contribution in [3.05, 3.63) is 11.7 Å². The molecular weight excluding hydrogens is 230 g/mol. The molecule has 5 nitrogen and oxygen atoms in total. The Bertz CT molecular complexity index is 350. The molecule has 0 aromatic carbocycles. The molecule has 1 aliphatic carbocycles. The quantitative estimate of drug-likeness (QED) is 0.677. The maximum Gasteiger partial charge on any atom is 0.228 e. The van der Waals surface area contributed by atoms with Gasteiger partial charge < -0.3 is 14.6 Å². The third-order valence-electron chi connectivity index (χ3n) is 3.31. The minimum atomic E-state index is 0.502. The lowest BCUT2D eigenvalue weighted by molar-refractivity contribution is 0.194. The Morgan fingerprint density at radius 2 is 2.33 bits per heavy atom. The fraction of sp³-hybridized carbons (Fsp3) is 0.846. The van der Waals surface area contributed by atoms with Gasteiger partial charge in [-0.15, -0.1) is 0 Å². The second-order valence-corrected chi connectivity index (χ2v) is 4.91. The molecule has 0 spiro atoms. The molecule has 18 heavy (non-hydrogen) atoms. The molecule has 1 heterocycles. The molecule has 0 aliphatic heterocycles. The summed E-state index contributed by atoms with van der Waals surface area (Å²) in [6.07, 6.45) is 5.27. The summed E-state index contributed by atoms with van der Waals surface area (Å²) in [5, 5.41) is 7.52. The molecule has 0 amide bonds. The van der Waals surface area contributed by atoms with Gasteiger partial charge >= 0.3 is 0 Å². The highest BCUT2D eigenvalue weighted by atomic mass is 16.5. The number of aromatic nitrogens is 2. The molecule has 0 bridgehead atoms. The van der Waals surface area contributed by atoms with E-state index in [9.17, 15) is 0 Å². The van der Waals surface area contributed by atoms with Crippen LogP contribution in [0, 0.1) is 5.92 Å². The number of nitrogens with zero attached hydrogens (tertiary/aromatic N) is 2. The van der Waals surface area contributed by atoms with E-state index in [2.05, 4.69) is 22.4 Å². The van der Waals surface area contributed by atoms with Gasteiger partial charge in [-0.2, -0.15) is 4.98 Å². The van der Waals surface area contributed by atoms with Crippen molar-refractivity contribution in [2.75, 3.05) is 20.3 Å². The smallest absolute Gasteiger partial charge is 0.228 e. The van der Waals surface area contributed by atoms with E-state index in [0.717, 1.165) is 50.0 Å². The minimum Gasteiger partial charge on any atom is -0.385 e. The van der Waals surface area contributed by atoms with Gasteiger partial charge in [-0.25, -0.2) is 0 Å². The van der Waals surface area contributed by atoms with E-state index in [-0.39, 0.29) is 0 Å². The van der Waals surface area contributed by atoms with Crippen LogP contribution in [0.3, 0.4) is 0 Å². The van der Waals surface area contributed by atoms with Crippen LogP contribution in [0.25, 0.3) is 0 Å². The summed E-state index contributed by atoms with van der Waals surface area (Å²) in [5.74, 6) is 2.36. The molecule has 0 saturated heterocycles. The first-order valence-corrected chi connectivity index (χ1v) is 6.87. The molecule has 102 valence electrons. The first-order valence-electron chi connectivity index (χ1n) is 6.87. The van der Waals surface area contributed by atoms with Crippen molar-refractivity contribution in [2.24, 2.45) is 5.92 Å². The van der Waals surface area contributed by atoms with E-state index in [1.54, 1.807) is 7.11 Å². The van der Waals surface area contributed by atoms with E-state index in [1.807, 2.05) is 0 Å². The standard InChI is InChI=1S/C13H23N3O2/c1-3-14-11(10-6-7-10)9-13-15-12(16-18-13)5-4-8-17-2/h10-11,14H,3-9H2,1-2H3. The number of hydrogen-bond acceptors (Lipinski definition) is 5. The molecule has 1 saturated carbocycles. The molecule has 5 heteroatoms. The summed E-state index contributed by atoms with van der Waals surface area (Å²) >= 11 is 0. The Labute approximate surface area is 108 Å². The van der Waals surface area contributed by atoms with Gasteiger partial charge in [-0.1, -0.05) is 12.1 Å². The first kappa shape index (κ1) is 13.5. The number of aryl methyl sites for hydroxylation is 1. The largest absolute Gasteiger partial charge is 0.385 e. The monoisotopic (exact) mass is 253 g/mol. The Balaban J connectivity index is 1.80. The Hall–Kier alpha value is -0.940. The van der Waals surface area contributed by atoms with Gasteiger partial charge in [0.1, 0.15) is 0 Å². The fourth-order valence-electron chi connectivity index (χ4n) is 2.20. The SMILES string of the molecule is CCNC(Cc1nc(CCCOC)no1)C1CC1. The molecule has 1 aromatic rings. The van der Waals surface area contributed by atoms with Gasteiger partial charge in [0.2, 0.25) is 5.89 Å². The lowest BCUT2D eigenvalue weighted by Gasteiger charge is -2.14. The highest BCUT2D eigenvalue weighted by molar-refractivity contribution is 4.95. The predicted molar refractivity (Wildman–Crippen MR) is 68.4 cm³/mol. The zero-order valence-electron chi connectivity index (χ0n) is 11.3. The van der Waals surface area contributed by atoms with E-state index in [4.69, 9.17) is 9.26 Å². The molecular formula is C13H23N3O2. The maximum absolute atomic E-state index is 5.31. The average molecular weight is 253 g/mol. The van der Waals surface area contributed by atoms with Crippen molar-refractivity contribution >= 4 is 0 Å². The first-order chi connectivity index (χ1) is 8.83. The van der Waals surface area contributed by atoms with Gasteiger partial charge in [0.05, 0.1) is 0 Å². The number of rotatable bonds is 9. The van der Waals surface area contributed by atoms with Gasteiger partial charge in [0.15, 0.2) is 5.82 Å². The fourth-order valence-corrected chi connectivity index (χ4v) is 2.20. The molecule has 1 aliphatic rings. The van der Waals surface area contributed by atoms with Crippen LogP contribution in [-0.2, 0) is 17.6 Å². The molecule has 2 rings (SSSR count). The zero-order chi connectivity index (χ0) is 12.8. The van der Waals surface area contributed by atoms with Gasteiger partial charge in [-0.3, -0.25) is 0 Å². The number of nitrogens with one attached hydrogen (secondary N) is 1. The van der Waals surface area contributed by atoms with Gasteiger partial charge in [0, 0.05) is 32.6 Å². The molecule has 1 unspecified atom stereocenters. The van der Waals surface area contributed by atoms with Crippen molar-refractivity contribution in [3.8, 4) is 0 Å². The van der Waals surface area contributed by atoms with Crippen LogP contribution in [0.2, 0.25) is 0 Å². The number of hydrogen-bond donors (Lipinski definition) is 1. The maximum atomic E-state index is 5.31. The van der Waals surface area contributed by atoms with Crippen LogP contribution in [0.1, 0.15) is 37.9 Å². The summed E-state index contributed by atoms with van der Waals surface area (Å²) in [6, 6.07) is 0.502. The van der Waals surface area contributed by atoms with Gasteiger partial charge in [-0.05, 0) is 31.7 Å². The zero-order valence-corrected chi connectivity index (χ0v) is 11.3. The lowest BCUT2D eigenvalue weighted by Crippen LogP contribution is -2.33. The van der Waals surface area contributed by atoms with E-state index in [0.29, 0.717) is 6.04 Å². The van der Waals surface area contributed by atoms with Crippen LogP contribution in [0.15, 0.2) is 4.52 Å². The van der Waals surface area contributed by atoms with E-state index >= 15 is 0 Å². The Morgan fingerprint density at radius 1 is 1.50 bits per heavy atom. The molecule has 1 atom stereocenters. The van der Waals surface area contributed by atoms with Crippen molar-refractivity contribution in [2.45, 2.75) is 45.1 Å². The van der Waals surface area contributed by atoms with Crippen LogP contribution < -0.4 is 5.32 Å². The Kier molecular flexibility index (Phi) is 5.13. The van der Waals surface area contributed by atoms with Crippen LogP contribution >= 0.6 is 0 Å². The molecule has 1 aromatic heterocycles. The molecule has 1 N–H and O–H groups in total. The number of methoxy groups -OCH3 is 1. The average Bonchev–Trinajstić information content (AvgIpc) is 3.12. The normalized spacial score (nSPS) is 17.0. The molecule has 0 radical (unpaired) electrons. The summed E-state index contributed by atoms with van der Waals surface area (Å²) in [7, 11) is 1.71. The van der Waals surface area contributed by atoms with Crippen molar-refractivity contribution in [1.29, 1.82) is 0 Å². The Morgan fingerprint density at radius 3 is 3.00 bits per heavy atom. The second-order valence-electron chi connectivity index (χ2n) is 4.91. The summed E-state index contributed by atoms with van der Waals surface area (Å²) in [5.41, 5.74) is 0. The third-order valence-corrected chi connectivity index (χ3v) is 3.31. The highest BCUT2D eigenvalue weighted by Gasteiger charge is 2.31. The summed E-state index contributed by atoms with van der Waals surface area (Å²) in [6.45, 7) is 3.88. The van der Waals surface area contributed by atoms with Crippen LogP contribution in [-0.4, -0.2) is 36.4 Å². The van der Waals surface area contributed by atoms with Crippen LogP contribution in [0.4, 0.5) is 0 Å². The number of likely N-dealkylation sites (N-methyl/N-ethyl adjacent to an activating group) is 1. The minimum absolute atomic E-state index is 0.502. The molecule has 1 fully saturated rings. The topological polar surface area (TPSA) is 60.2 Å². The third kappa shape index (κ3) is 4.07. The summed E-state index contributed by atoms with van der Waals surface area (Å²) in [4.78, 5) is 4.44. The van der Waals surface area contributed by atoms with E-state index in [1.165, 1.54) is 12.8 Å². The number of ether oxygens (including phenoxy) is 1. The lowest BCUT2D eigenvalue weighted by atomic mass is 10.1. The van der Waals surface area contributed by atoms with Crippen molar-refractivity contribution < 1.29 is 9.26 Å². The second kappa shape index (κ2) is 6.85. The van der Waals surface area contributed by atoms with Crippen molar-refractivity contribution in [3.63, 3.8) is 0 Å². The highest BCUT2D eigenvalue weighted by Crippen LogP contribution is 2.33. The summed E-state index contributed by atoms with van der Waals surface area (Å²) < 4.78 is 10.3. The van der Waals surface area contributed by atoms with Crippen molar-refractivity contribution in [1.82, 2.24) is 15.5 Å².